The van der Waals surface area contributed by atoms with Crippen molar-refractivity contribution in [2.75, 3.05) is 5.32 Å². The molecule has 0 unspecified atom stereocenters. The Morgan fingerprint density at radius 3 is 2.86 bits per heavy atom. The van der Waals surface area contributed by atoms with Crippen LogP contribution in [0.5, 0.6) is 0 Å². The highest BCUT2D eigenvalue weighted by molar-refractivity contribution is 7.13. The molecule has 1 aromatic carbocycles. The van der Waals surface area contributed by atoms with E-state index in [1.807, 2.05) is 6.07 Å². The van der Waals surface area contributed by atoms with Crippen molar-refractivity contribution < 1.29 is 9.21 Å². The lowest BCUT2D eigenvalue weighted by Crippen LogP contribution is -2.25. The number of carbonyl (C=O) groups is 1. The average Bonchev–Trinajstić information content (AvgIpc) is 3.11. The number of rotatable bonds is 4. The average molecular weight is 303 g/mol. The predicted molar refractivity (Wildman–Crippen MR) is 74.7 cm³/mol. The second-order valence-electron chi connectivity index (χ2n) is 3.99. The number of amides is 1. The first kappa shape index (κ1) is 13.2. The molecule has 0 aliphatic heterocycles. The van der Waals surface area contributed by atoms with Crippen LogP contribution in [0.15, 0.2) is 45.1 Å². The van der Waals surface area contributed by atoms with Crippen LogP contribution in [-0.2, 0) is 11.3 Å². The van der Waals surface area contributed by atoms with Crippen LogP contribution in [0.2, 0.25) is 0 Å². The Bertz CT molecular complexity index is 794. The highest BCUT2D eigenvalue weighted by atomic mass is 32.1. The Morgan fingerprint density at radius 1 is 1.33 bits per heavy atom. The summed E-state index contributed by atoms with van der Waals surface area (Å²) < 4.78 is 5.98. The Kier molecular flexibility index (Phi) is 3.56. The van der Waals surface area contributed by atoms with Crippen LogP contribution >= 0.6 is 11.3 Å². The molecule has 0 aliphatic rings. The fourth-order valence-corrected chi connectivity index (χ4v) is 2.09. The van der Waals surface area contributed by atoms with Crippen molar-refractivity contribution in [1.29, 1.82) is 0 Å². The number of nitrogens with zero attached hydrogens (tertiary/aromatic N) is 4. The van der Waals surface area contributed by atoms with Gasteiger partial charge in [0.05, 0.1) is 0 Å². The molecule has 0 bridgehead atoms. The molecule has 3 aromatic rings. The van der Waals surface area contributed by atoms with Gasteiger partial charge in [0.25, 0.3) is 0 Å². The molecule has 0 fully saturated rings. The molecule has 0 atom stereocenters. The SMILES string of the molecule is O=C(Cn1nc(-c2ccccc2)oc1=O)Nc1nncs1. The van der Waals surface area contributed by atoms with Crippen LogP contribution in [0, 0.1) is 0 Å². The smallest absolute Gasteiger partial charge is 0.388 e. The highest BCUT2D eigenvalue weighted by Crippen LogP contribution is 2.14. The quantitative estimate of drug-likeness (QED) is 0.771. The molecule has 0 radical (unpaired) electrons. The van der Waals surface area contributed by atoms with E-state index in [9.17, 15) is 9.59 Å². The van der Waals surface area contributed by atoms with Gasteiger partial charge in [0.2, 0.25) is 16.9 Å². The zero-order chi connectivity index (χ0) is 14.7. The third-order valence-electron chi connectivity index (χ3n) is 2.53. The second-order valence-corrected chi connectivity index (χ2v) is 4.82. The zero-order valence-electron chi connectivity index (χ0n) is 10.6. The highest BCUT2D eigenvalue weighted by Gasteiger charge is 2.13. The number of anilines is 1. The molecule has 2 heterocycles. The van der Waals surface area contributed by atoms with Gasteiger partial charge in [0.1, 0.15) is 12.1 Å². The Balaban J connectivity index is 1.76. The van der Waals surface area contributed by atoms with Gasteiger partial charge in [-0.25, -0.2) is 4.79 Å². The maximum Gasteiger partial charge on any atom is 0.437 e. The molecule has 0 saturated carbocycles. The van der Waals surface area contributed by atoms with E-state index in [-0.39, 0.29) is 12.4 Å². The van der Waals surface area contributed by atoms with Crippen molar-refractivity contribution in [2.45, 2.75) is 6.54 Å². The standard InChI is InChI=1S/C12H9N5O3S/c18-9(14-11-15-13-7-21-11)6-17-12(19)20-10(16-17)8-4-2-1-3-5-8/h1-5,7H,6H2,(H,14,15,18). The minimum atomic E-state index is -0.693. The van der Waals surface area contributed by atoms with Crippen molar-refractivity contribution >= 4 is 22.4 Å². The number of hydrogen-bond donors (Lipinski definition) is 1. The summed E-state index contributed by atoms with van der Waals surface area (Å²) in [5, 5.41) is 14.1. The second kappa shape index (κ2) is 5.67. The van der Waals surface area contributed by atoms with Gasteiger partial charge in [-0.3, -0.25) is 10.1 Å². The van der Waals surface area contributed by atoms with E-state index in [0.717, 1.165) is 4.68 Å². The maximum absolute atomic E-state index is 11.8. The largest absolute Gasteiger partial charge is 0.437 e. The molecule has 21 heavy (non-hydrogen) atoms. The van der Waals surface area contributed by atoms with E-state index in [0.29, 0.717) is 10.7 Å². The van der Waals surface area contributed by atoms with E-state index < -0.39 is 11.7 Å². The first-order chi connectivity index (χ1) is 10.2. The zero-order valence-corrected chi connectivity index (χ0v) is 11.4. The van der Waals surface area contributed by atoms with Crippen LogP contribution in [0.4, 0.5) is 5.13 Å². The molecule has 0 saturated heterocycles. The van der Waals surface area contributed by atoms with Gasteiger partial charge in [-0.05, 0) is 12.1 Å². The van der Waals surface area contributed by atoms with E-state index in [4.69, 9.17) is 4.42 Å². The normalized spacial score (nSPS) is 10.5. The van der Waals surface area contributed by atoms with Crippen molar-refractivity contribution in [3.05, 3.63) is 46.4 Å². The summed E-state index contributed by atoms with van der Waals surface area (Å²) in [7, 11) is 0. The molecule has 9 heteroatoms. The molecule has 0 aliphatic carbocycles. The fraction of sp³-hybridized carbons (Fsp3) is 0.0833. The predicted octanol–water partition coefficient (Wildman–Crippen LogP) is 0.993. The van der Waals surface area contributed by atoms with E-state index >= 15 is 0 Å². The van der Waals surface area contributed by atoms with Gasteiger partial charge in [0.15, 0.2) is 0 Å². The van der Waals surface area contributed by atoms with Gasteiger partial charge in [-0.2, -0.15) is 4.68 Å². The molecule has 2 aromatic heterocycles. The van der Waals surface area contributed by atoms with E-state index in [1.165, 1.54) is 16.8 Å². The van der Waals surface area contributed by atoms with Crippen LogP contribution in [0.25, 0.3) is 11.5 Å². The van der Waals surface area contributed by atoms with Gasteiger partial charge < -0.3 is 4.42 Å². The van der Waals surface area contributed by atoms with E-state index in [2.05, 4.69) is 20.6 Å². The fourth-order valence-electron chi connectivity index (χ4n) is 1.63. The summed E-state index contributed by atoms with van der Waals surface area (Å²) in [6, 6.07) is 8.97. The Labute approximate surface area is 122 Å². The number of carbonyl (C=O) groups excluding carboxylic acids is 1. The van der Waals surface area contributed by atoms with E-state index in [1.54, 1.807) is 24.3 Å². The molecule has 1 N–H and O–H groups in total. The van der Waals surface area contributed by atoms with Crippen LogP contribution in [0.3, 0.4) is 0 Å². The Hall–Kier alpha value is -2.81. The van der Waals surface area contributed by atoms with Crippen molar-refractivity contribution in [2.24, 2.45) is 0 Å². The summed E-state index contributed by atoms with van der Waals surface area (Å²) in [6.07, 6.45) is 0. The van der Waals surface area contributed by atoms with Gasteiger partial charge >= 0.3 is 5.76 Å². The first-order valence-electron chi connectivity index (χ1n) is 5.92. The number of nitrogens with one attached hydrogen (secondary N) is 1. The lowest BCUT2D eigenvalue weighted by atomic mass is 10.2. The van der Waals surface area contributed by atoms with Crippen molar-refractivity contribution in [1.82, 2.24) is 20.0 Å². The molecule has 106 valence electrons. The first-order valence-corrected chi connectivity index (χ1v) is 6.80. The molecular weight excluding hydrogens is 294 g/mol. The summed E-state index contributed by atoms with van der Waals surface area (Å²) in [5.41, 5.74) is 2.16. The van der Waals surface area contributed by atoms with Gasteiger partial charge in [-0.1, -0.05) is 29.5 Å². The van der Waals surface area contributed by atoms with Crippen LogP contribution in [0.1, 0.15) is 0 Å². The van der Waals surface area contributed by atoms with Crippen LogP contribution in [-0.4, -0.2) is 25.9 Å². The van der Waals surface area contributed by atoms with Gasteiger partial charge in [-0.15, -0.1) is 15.3 Å². The Morgan fingerprint density at radius 2 is 2.14 bits per heavy atom. The number of benzene rings is 1. The van der Waals surface area contributed by atoms with Crippen LogP contribution < -0.4 is 11.1 Å². The third kappa shape index (κ3) is 3.03. The lowest BCUT2D eigenvalue weighted by Gasteiger charge is -1.98. The maximum atomic E-state index is 11.8. The van der Waals surface area contributed by atoms with Crippen molar-refractivity contribution in [3.8, 4) is 11.5 Å². The molecule has 0 spiro atoms. The van der Waals surface area contributed by atoms with Crippen molar-refractivity contribution in [3.63, 3.8) is 0 Å². The minimum Gasteiger partial charge on any atom is -0.388 e. The summed E-state index contributed by atoms with van der Waals surface area (Å²) in [4.78, 5) is 23.4. The lowest BCUT2D eigenvalue weighted by molar-refractivity contribution is -0.117. The third-order valence-corrected chi connectivity index (χ3v) is 3.13. The molecular formula is C12H9N5O3S. The summed E-state index contributed by atoms with van der Waals surface area (Å²) >= 11 is 1.18. The summed E-state index contributed by atoms with van der Waals surface area (Å²) in [5.74, 6) is -0.952. The summed E-state index contributed by atoms with van der Waals surface area (Å²) in [6.45, 7) is -0.255. The molecule has 3 rings (SSSR count). The minimum absolute atomic E-state index is 0.171. The molecule has 1 amide bonds. The number of aromatic nitrogens is 4. The number of hydrogen-bond acceptors (Lipinski definition) is 7. The van der Waals surface area contributed by atoms with Gasteiger partial charge in [0, 0.05) is 5.56 Å². The topological polar surface area (TPSA) is 103 Å². The molecule has 8 nitrogen and oxygen atoms in total. The monoisotopic (exact) mass is 303 g/mol.